The van der Waals surface area contributed by atoms with Crippen LogP contribution in [0.5, 0.6) is 5.75 Å². The maximum absolute atomic E-state index is 12.7. The molecule has 1 aliphatic rings. The third-order valence-corrected chi connectivity index (χ3v) is 4.02. The zero-order chi connectivity index (χ0) is 17.9. The highest BCUT2D eigenvalue weighted by molar-refractivity contribution is 6.05. The maximum Gasteiger partial charge on any atom is 0.260 e. The van der Waals surface area contributed by atoms with Crippen LogP contribution in [0.3, 0.4) is 0 Å². The lowest BCUT2D eigenvalue weighted by atomic mass is 10.1. The highest BCUT2D eigenvalue weighted by Gasteiger charge is 2.15. The molecule has 0 atom stereocenters. The van der Waals surface area contributed by atoms with Gasteiger partial charge in [-0.3, -0.25) is 4.79 Å². The molecule has 3 heterocycles. The number of hydrogen-bond donors (Lipinski definition) is 1. The van der Waals surface area contributed by atoms with Gasteiger partial charge in [-0.2, -0.15) is 0 Å². The number of benzene rings is 1. The Morgan fingerprint density at radius 2 is 2.12 bits per heavy atom. The summed E-state index contributed by atoms with van der Waals surface area (Å²) in [6, 6.07) is 10.9. The molecule has 0 spiro atoms. The number of amides is 1. The maximum atomic E-state index is 12.7. The van der Waals surface area contributed by atoms with Crippen molar-refractivity contribution in [3.8, 4) is 17.3 Å². The lowest BCUT2D eigenvalue weighted by Crippen LogP contribution is -2.15. The van der Waals surface area contributed by atoms with E-state index >= 15 is 0 Å². The van der Waals surface area contributed by atoms with Gasteiger partial charge in [0.15, 0.2) is 5.82 Å². The first-order valence-electron chi connectivity index (χ1n) is 8.26. The topological polar surface area (TPSA) is 81.9 Å². The molecule has 1 aliphatic heterocycles. The number of anilines is 1. The largest absolute Gasteiger partial charge is 0.489 e. The van der Waals surface area contributed by atoms with E-state index in [1.54, 1.807) is 18.5 Å². The van der Waals surface area contributed by atoms with Crippen LogP contribution in [0.1, 0.15) is 15.9 Å². The number of rotatable bonds is 0. The van der Waals surface area contributed by atoms with Gasteiger partial charge in [-0.25, -0.2) is 4.98 Å². The second-order valence-corrected chi connectivity index (χ2v) is 5.95. The molecule has 2 aromatic heterocycles. The van der Waals surface area contributed by atoms with E-state index in [0.717, 1.165) is 5.56 Å². The van der Waals surface area contributed by atoms with Crippen LogP contribution in [0.15, 0.2) is 54.9 Å². The first-order valence-corrected chi connectivity index (χ1v) is 8.26. The summed E-state index contributed by atoms with van der Waals surface area (Å²) >= 11 is 0. The standard InChI is InChI=1S/C19H17N5O2/c1-13-7-8-14-16(11-13)26-10-3-2-9-24-12-20-23-18(24)15-5-4-6-17(21-15)22-19(14)25/h2-8,11-12H,9-10H2,1H3,(H,21,22,25)/b3-2+. The Kier molecular flexibility index (Phi) is 4.18. The molecule has 0 saturated carbocycles. The minimum absolute atomic E-state index is 0.271. The number of aryl methyl sites for hydroxylation is 1. The normalized spacial score (nSPS) is 15.0. The predicted octanol–water partition coefficient (Wildman–Crippen LogP) is 2.85. The van der Waals surface area contributed by atoms with Crippen molar-refractivity contribution in [3.05, 3.63) is 66.0 Å². The number of nitrogens with one attached hydrogen (secondary N) is 1. The molecule has 26 heavy (non-hydrogen) atoms. The number of ether oxygens (including phenoxy) is 1. The third-order valence-electron chi connectivity index (χ3n) is 4.02. The second-order valence-electron chi connectivity index (χ2n) is 5.95. The van der Waals surface area contributed by atoms with Gasteiger partial charge in [-0.1, -0.05) is 18.2 Å². The Bertz CT molecular complexity index is 993. The summed E-state index contributed by atoms with van der Waals surface area (Å²) in [7, 11) is 0. The zero-order valence-corrected chi connectivity index (χ0v) is 14.2. The lowest BCUT2D eigenvalue weighted by molar-refractivity contribution is 0.102. The molecule has 1 amide bonds. The molecule has 3 aromatic rings. The number of allylic oxidation sites excluding steroid dienone is 1. The summed E-state index contributed by atoms with van der Waals surface area (Å²) in [6.07, 6.45) is 5.53. The molecule has 1 aromatic carbocycles. The van der Waals surface area contributed by atoms with E-state index in [1.165, 1.54) is 0 Å². The molecule has 4 rings (SSSR count). The van der Waals surface area contributed by atoms with Gasteiger partial charge >= 0.3 is 0 Å². The lowest BCUT2D eigenvalue weighted by Gasteiger charge is -2.12. The van der Waals surface area contributed by atoms with E-state index in [9.17, 15) is 4.79 Å². The quantitative estimate of drug-likeness (QED) is 0.632. The summed E-state index contributed by atoms with van der Waals surface area (Å²) in [5, 5.41) is 10.9. The number of carbonyl (C=O) groups is 1. The Morgan fingerprint density at radius 1 is 1.19 bits per heavy atom. The first kappa shape index (κ1) is 16.0. The minimum Gasteiger partial charge on any atom is -0.489 e. The van der Waals surface area contributed by atoms with Crippen molar-refractivity contribution >= 4 is 11.7 Å². The minimum atomic E-state index is -0.271. The van der Waals surface area contributed by atoms with E-state index in [-0.39, 0.29) is 5.91 Å². The van der Waals surface area contributed by atoms with Crippen molar-refractivity contribution in [1.82, 2.24) is 19.7 Å². The van der Waals surface area contributed by atoms with Gasteiger partial charge < -0.3 is 14.6 Å². The Labute approximate surface area is 150 Å². The molecule has 0 saturated heterocycles. The summed E-state index contributed by atoms with van der Waals surface area (Å²) in [4.78, 5) is 17.2. The van der Waals surface area contributed by atoms with E-state index in [1.807, 2.05) is 47.9 Å². The van der Waals surface area contributed by atoms with E-state index in [0.29, 0.717) is 41.8 Å². The molecular weight excluding hydrogens is 330 g/mol. The van der Waals surface area contributed by atoms with Crippen LogP contribution in [0, 0.1) is 6.92 Å². The van der Waals surface area contributed by atoms with E-state index < -0.39 is 0 Å². The van der Waals surface area contributed by atoms with Gasteiger partial charge in [0, 0.05) is 6.54 Å². The van der Waals surface area contributed by atoms with Crippen LogP contribution in [0.4, 0.5) is 5.82 Å². The zero-order valence-electron chi connectivity index (χ0n) is 14.2. The molecule has 2 bridgehead atoms. The fourth-order valence-electron chi connectivity index (χ4n) is 2.73. The fraction of sp³-hybridized carbons (Fsp3) is 0.158. The summed E-state index contributed by atoms with van der Waals surface area (Å²) in [6.45, 7) is 2.93. The SMILES string of the molecule is Cc1ccc2c(c1)OC/C=C/Cn1cnnc1-c1cccc(n1)NC2=O. The molecule has 0 fully saturated rings. The van der Waals surface area contributed by atoms with Crippen LogP contribution in [-0.4, -0.2) is 32.3 Å². The first-order chi connectivity index (χ1) is 12.7. The highest BCUT2D eigenvalue weighted by Crippen LogP contribution is 2.23. The summed E-state index contributed by atoms with van der Waals surface area (Å²) in [5.74, 6) is 1.36. The van der Waals surface area contributed by atoms with Gasteiger partial charge in [0.1, 0.15) is 30.2 Å². The third kappa shape index (κ3) is 3.19. The molecule has 7 heteroatoms. The van der Waals surface area contributed by atoms with E-state index in [2.05, 4.69) is 20.5 Å². The summed E-state index contributed by atoms with van der Waals surface area (Å²) < 4.78 is 7.68. The molecule has 130 valence electrons. The van der Waals surface area contributed by atoms with Crippen LogP contribution in [-0.2, 0) is 6.54 Å². The predicted molar refractivity (Wildman–Crippen MR) is 97.0 cm³/mol. The Hall–Kier alpha value is -3.48. The number of fused-ring (bicyclic) bond motifs is 5. The Morgan fingerprint density at radius 3 is 3.04 bits per heavy atom. The van der Waals surface area contributed by atoms with Gasteiger partial charge in [0.05, 0.1) is 5.56 Å². The molecular formula is C19H17N5O2. The monoisotopic (exact) mass is 347 g/mol. The average molecular weight is 347 g/mol. The molecule has 7 nitrogen and oxygen atoms in total. The molecule has 0 radical (unpaired) electrons. The number of aromatic nitrogens is 4. The molecule has 1 N–H and O–H groups in total. The van der Waals surface area contributed by atoms with Crippen LogP contribution in [0.25, 0.3) is 11.5 Å². The Balaban J connectivity index is 1.78. The van der Waals surface area contributed by atoms with Crippen molar-refractivity contribution in [2.45, 2.75) is 13.5 Å². The average Bonchev–Trinajstić information content (AvgIpc) is 3.09. The van der Waals surface area contributed by atoms with Crippen molar-refractivity contribution < 1.29 is 9.53 Å². The summed E-state index contributed by atoms with van der Waals surface area (Å²) in [5.41, 5.74) is 2.14. The molecule has 0 unspecified atom stereocenters. The van der Waals surface area contributed by atoms with Crippen molar-refractivity contribution in [2.75, 3.05) is 11.9 Å². The number of carbonyl (C=O) groups excluding carboxylic acids is 1. The smallest absolute Gasteiger partial charge is 0.260 e. The fourth-order valence-corrected chi connectivity index (χ4v) is 2.73. The van der Waals surface area contributed by atoms with Gasteiger partial charge in [0.2, 0.25) is 0 Å². The van der Waals surface area contributed by atoms with Crippen molar-refractivity contribution in [1.29, 1.82) is 0 Å². The van der Waals surface area contributed by atoms with Gasteiger partial charge in [-0.05, 0) is 42.8 Å². The van der Waals surface area contributed by atoms with Crippen LogP contribution < -0.4 is 10.1 Å². The van der Waals surface area contributed by atoms with Crippen molar-refractivity contribution in [3.63, 3.8) is 0 Å². The van der Waals surface area contributed by atoms with Gasteiger partial charge in [0.25, 0.3) is 5.91 Å². The number of pyridine rings is 1. The number of nitrogens with zero attached hydrogens (tertiary/aromatic N) is 4. The van der Waals surface area contributed by atoms with Gasteiger partial charge in [-0.15, -0.1) is 10.2 Å². The number of hydrogen-bond acceptors (Lipinski definition) is 5. The molecule has 0 aliphatic carbocycles. The highest BCUT2D eigenvalue weighted by atomic mass is 16.5. The van der Waals surface area contributed by atoms with Crippen LogP contribution >= 0.6 is 0 Å². The van der Waals surface area contributed by atoms with Crippen molar-refractivity contribution in [2.24, 2.45) is 0 Å². The second kappa shape index (κ2) is 6.79. The van der Waals surface area contributed by atoms with E-state index in [4.69, 9.17) is 4.74 Å². The van der Waals surface area contributed by atoms with Crippen LogP contribution in [0.2, 0.25) is 0 Å².